The molecule has 1 N–H and O–H groups in total. The summed E-state index contributed by atoms with van der Waals surface area (Å²) >= 11 is 0. The minimum atomic E-state index is -0.729. The van der Waals surface area contributed by atoms with Crippen LogP contribution in [0.15, 0.2) is 34.7 Å². The Morgan fingerprint density at radius 2 is 1.94 bits per heavy atom. The van der Waals surface area contributed by atoms with E-state index in [0.717, 1.165) is 11.0 Å². The molecular formula is C14H18O3. The number of ether oxygens (including phenoxy) is 1. The first kappa shape index (κ1) is 12.1. The summed E-state index contributed by atoms with van der Waals surface area (Å²) in [6.45, 7) is 4.03. The van der Waals surface area contributed by atoms with Gasteiger partial charge in [0, 0.05) is 12.5 Å². The van der Waals surface area contributed by atoms with Crippen LogP contribution in [0.25, 0.3) is 11.0 Å². The summed E-state index contributed by atoms with van der Waals surface area (Å²) in [6, 6.07) is 9.59. The Morgan fingerprint density at radius 3 is 2.53 bits per heavy atom. The summed E-state index contributed by atoms with van der Waals surface area (Å²) in [4.78, 5) is 0. The van der Waals surface area contributed by atoms with E-state index >= 15 is 0 Å². The number of para-hydroxylation sites is 1. The monoisotopic (exact) mass is 234 g/mol. The smallest absolute Gasteiger partial charge is 0.138 e. The van der Waals surface area contributed by atoms with Crippen LogP contribution in [0.5, 0.6) is 0 Å². The normalized spacial score (nSPS) is 15.4. The highest BCUT2D eigenvalue weighted by Crippen LogP contribution is 2.29. The number of benzene rings is 1. The van der Waals surface area contributed by atoms with E-state index in [4.69, 9.17) is 9.15 Å². The highest BCUT2D eigenvalue weighted by atomic mass is 16.5. The van der Waals surface area contributed by atoms with Crippen LogP contribution in [-0.2, 0) is 4.74 Å². The molecule has 0 fully saturated rings. The van der Waals surface area contributed by atoms with Gasteiger partial charge in [0.2, 0.25) is 0 Å². The molecule has 1 aromatic carbocycles. The highest BCUT2D eigenvalue weighted by molar-refractivity contribution is 5.77. The zero-order valence-corrected chi connectivity index (χ0v) is 10.4. The standard InChI is InChI=1S/C14H18O3/c1-9(2)14(16-3)13(15)12-8-10-6-4-5-7-11(10)17-12/h4-9,13-15H,1-3H3. The Morgan fingerprint density at radius 1 is 1.24 bits per heavy atom. The van der Waals surface area contributed by atoms with Crippen LogP contribution in [0, 0.1) is 5.92 Å². The number of aliphatic hydroxyl groups excluding tert-OH is 1. The molecule has 0 spiro atoms. The van der Waals surface area contributed by atoms with Crippen LogP contribution in [0.2, 0.25) is 0 Å². The van der Waals surface area contributed by atoms with Crippen molar-refractivity contribution in [2.24, 2.45) is 5.92 Å². The number of aliphatic hydroxyl groups is 1. The molecule has 0 aliphatic heterocycles. The maximum atomic E-state index is 10.2. The molecule has 1 aromatic heterocycles. The van der Waals surface area contributed by atoms with Crippen molar-refractivity contribution < 1.29 is 14.3 Å². The van der Waals surface area contributed by atoms with Gasteiger partial charge in [0.1, 0.15) is 17.4 Å². The van der Waals surface area contributed by atoms with E-state index in [1.54, 1.807) is 7.11 Å². The minimum absolute atomic E-state index is 0.225. The summed E-state index contributed by atoms with van der Waals surface area (Å²) in [7, 11) is 1.61. The molecule has 0 bridgehead atoms. The molecule has 0 aliphatic carbocycles. The van der Waals surface area contributed by atoms with E-state index in [-0.39, 0.29) is 12.0 Å². The number of rotatable bonds is 4. The third-order valence-electron chi connectivity index (χ3n) is 2.98. The van der Waals surface area contributed by atoms with Gasteiger partial charge in [-0.15, -0.1) is 0 Å². The van der Waals surface area contributed by atoms with Gasteiger partial charge in [-0.1, -0.05) is 32.0 Å². The van der Waals surface area contributed by atoms with Crippen molar-refractivity contribution in [1.82, 2.24) is 0 Å². The van der Waals surface area contributed by atoms with E-state index in [0.29, 0.717) is 5.76 Å². The maximum Gasteiger partial charge on any atom is 0.138 e. The molecular weight excluding hydrogens is 216 g/mol. The first-order chi connectivity index (χ1) is 8.13. The van der Waals surface area contributed by atoms with Crippen molar-refractivity contribution >= 4 is 11.0 Å². The summed E-state index contributed by atoms with van der Waals surface area (Å²) in [5.74, 6) is 0.787. The van der Waals surface area contributed by atoms with Gasteiger partial charge in [0.05, 0.1) is 6.10 Å². The fourth-order valence-corrected chi connectivity index (χ4v) is 2.08. The van der Waals surface area contributed by atoms with Crippen LogP contribution in [0.3, 0.4) is 0 Å². The first-order valence-corrected chi connectivity index (χ1v) is 5.83. The third-order valence-corrected chi connectivity index (χ3v) is 2.98. The summed E-state index contributed by atoms with van der Waals surface area (Å²) < 4.78 is 10.9. The summed E-state index contributed by atoms with van der Waals surface area (Å²) in [5, 5.41) is 11.2. The molecule has 1 heterocycles. The third kappa shape index (κ3) is 2.35. The maximum absolute atomic E-state index is 10.2. The Kier molecular flexibility index (Phi) is 3.50. The van der Waals surface area contributed by atoms with Crippen LogP contribution >= 0.6 is 0 Å². The first-order valence-electron chi connectivity index (χ1n) is 5.83. The number of methoxy groups -OCH3 is 1. The Hall–Kier alpha value is -1.32. The lowest BCUT2D eigenvalue weighted by Gasteiger charge is -2.23. The highest BCUT2D eigenvalue weighted by Gasteiger charge is 2.26. The molecule has 0 saturated heterocycles. The lowest BCUT2D eigenvalue weighted by atomic mass is 10.00. The zero-order valence-electron chi connectivity index (χ0n) is 10.4. The van der Waals surface area contributed by atoms with Crippen LogP contribution in [0.1, 0.15) is 25.7 Å². The average molecular weight is 234 g/mol. The molecule has 2 rings (SSSR count). The van der Waals surface area contributed by atoms with Gasteiger partial charge in [-0.3, -0.25) is 0 Å². The molecule has 2 atom stereocenters. The second-order valence-corrected chi connectivity index (χ2v) is 4.58. The van der Waals surface area contributed by atoms with E-state index < -0.39 is 6.10 Å². The van der Waals surface area contributed by atoms with Crippen molar-refractivity contribution in [1.29, 1.82) is 0 Å². The molecule has 2 unspecified atom stereocenters. The van der Waals surface area contributed by atoms with Gasteiger partial charge in [-0.2, -0.15) is 0 Å². The van der Waals surface area contributed by atoms with Gasteiger partial charge < -0.3 is 14.3 Å². The number of hydrogen-bond donors (Lipinski definition) is 1. The molecule has 0 saturated carbocycles. The fourth-order valence-electron chi connectivity index (χ4n) is 2.08. The van der Waals surface area contributed by atoms with Gasteiger partial charge in [0.15, 0.2) is 0 Å². The molecule has 17 heavy (non-hydrogen) atoms. The summed E-state index contributed by atoms with van der Waals surface area (Å²) in [6.07, 6.45) is -0.983. The van der Waals surface area contributed by atoms with E-state index in [2.05, 4.69) is 0 Å². The predicted molar refractivity (Wildman–Crippen MR) is 66.8 cm³/mol. The largest absolute Gasteiger partial charge is 0.458 e. The fraction of sp³-hybridized carbons (Fsp3) is 0.429. The second-order valence-electron chi connectivity index (χ2n) is 4.58. The Balaban J connectivity index is 2.32. The molecule has 0 aliphatic rings. The quantitative estimate of drug-likeness (QED) is 0.883. The molecule has 3 nitrogen and oxygen atoms in total. The van der Waals surface area contributed by atoms with Crippen molar-refractivity contribution in [2.75, 3.05) is 7.11 Å². The summed E-state index contributed by atoms with van der Waals surface area (Å²) in [5.41, 5.74) is 0.792. The van der Waals surface area contributed by atoms with Crippen molar-refractivity contribution in [3.05, 3.63) is 36.1 Å². The predicted octanol–water partition coefficient (Wildman–Crippen LogP) is 3.14. The van der Waals surface area contributed by atoms with Gasteiger partial charge >= 0.3 is 0 Å². The topological polar surface area (TPSA) is 42.6 Å². The van der Waals surface area contributed by atoms with Crippen LogP contribution < -0.4 is 0 Å². The van der Waals surface area contributed by atoms with Gasteiger partial charge in [-0.25, -0.2) is 0 Å². The number of hydrogen-bond acceptors (Lipinski definition) is 3. The lowest BCUT2D eigenvalue weighted by Crippen LogP contribution is -2.26. The van der Waals surface area contributed by atoms with Gasteiger partial charge in [0.25, 0.3) is 0 Å². The average Bonchev–Trinajstić information content (AvgIpc) is 2.72. The lowest BCUT2D eigenvalue weighted by molar-refractivity contribution is -0.0473. The Labute approximate surface area is 101 Å². The second kappa shape index (κ2) is 4.90. The molecule has 92 valence electrons. The minimum Gasteiger partial charge on any atom is -0.458 e. The molecule has 0 radical (unpaired) electrons. The van der Waals surface area contributed by atoms with Gasteiger partial charge in [-0.05, 0) is 18.1 Å². The molecule has 0 amide bonds. The van der Waals surface area contributed by atoms with Crippen LogP contribution in [0.4, 0.5) is 0 Å². The van der Waals surface area contributed by atoms with Crippen molar-refractivity contribution in [3.8, 4) is 0 Å². The molecule has 3 heteroatoms. The molecule has 2 aromatic rings. The van der Waals surface area contributed by atoms with Crippen LogP contribution in [-0.4, -0.2) is 18.3 Å². The number of furan rings is 1. The van der Waals surface area contributed by atoms with E-state index in [9.17, 15) is 5.11 Å². The Bertz CT molecular complexity index is 454. The van der Waals surface area contributed by atoms with Crippen molar-refractivity contribution in [2.45, 2.75) is 26.1 Å². The SMILES string of the molecule is COC(C(C)C)C(O)c1cc2ccccc2o1. The van der Waals surface area contributed by atoms with E-state index in [1.165, 1.54) is 0 Å². The number of fused-ring (bicyclic) bond motifs is 1. The van der Waals surface area contributed by atoms with Crippen molar-refractivity contribution in [3.63, 3.8) is 0 Å². The van der Waals surface area contributed by atoms with E-state index in [1.807, 2.05) is 44.2 Å². The zero-order chi connectivity index (χ0) is 12.4.